The Morgan fingerprint density at radius 1 is 1.15 bits per heavy atom. The molecule has 4 aliphatic rings. The molecule has 4 aliphatic carbocycles. The zero-order valence-corrected chi connectivity index (χ0v) is 16.6. The largest absolute Gasteiger partial charge is 0.300 e. The number of nitrogens with zero attached hydrogens (tertiary/aromatic N) is 1. The van der Waals surface area contributed by atoms with E-state index in [0.717, 1.165) is 29.7 Å². The Labute approximate surface area is 161 Å². The Hall–Kier alpha value is -1.15. The van der Waals surface area contributed by atoms with Gasteiger partial charge in [0.05, 0.1) is 5.02 Å². The van der Waals surface area contributed by atoms with E-state index in [2.05, 4.69) is 31.0 Å². The number of pyridine rings is 1. The molecule has 3 saturated carbocycles. The maximum Gasteiger partial charge on any atom is 0.133 e. The van der Waals surface area contributed by atoms with Crippen LogP contribution >= 0.6 is 11.6 Å². The molecule has 6 unspecified atom stereocenters. The summed E-state index contributed by atoms with van der Waals surface area (Å²) in [6.07, 6.45) is 14.1. The highest BCUT2D eigenvalue weighted by Crippen LogP contribution is 2.67. The van der Waals surface area contributed by atoms with Crippen LogP contribution in [0, 0.1) is 34.5 Å². The van der Waals surface area contributed by atoms with Gasteiger partial charge in [-0.25, -0.2) is 0 Å². The summed E-state index contributed by atoms with van der Waals surface area (Å²) >= 11 is 6.23. The molecule has 6 atom stereocenters. The van der Waals surface area contributed by atoms with Crippen molar-refractivity contribution < 1.29 is 4.79 Å². The summed E-state index contributed by atoms with van der Waals surface area (Å²) in [5, 5.41) is 0.724. The molecule has 0 aromatic carbocycles. The fourth-order valence-electron chi connectivity index (χ4n) is 7.49. The van der Waals surface area contributed by atoms with Crippen LogP contribution in [0.3, 0.4) is 0 Å². The molecule has 1 heterocycles. The van der Waals surface area contributed by atoms with Crippen LogP contribution in [0.5, 0.6) is 0 Å². The van der Waals surface area contributed by atoms with Crippen LogP contribution < -0.4 is 0 Å². The van der Waals surface area contributed by atoms with E-state index in [1.807, 2.05) is 6.20 Å². The molecule has 3 heteroatoms. The average Bonchev–Trinajstić information content (AvgIpc) is 3.10. The second-order valence-corrected chi connectivity index (χ2v) is 10.2. The van der Waals surface area contributed by atoms with Crippen molar-refractivity contribution in [1.29, 1.82) is 0 Å². The molecule has 2 nitrogen and oxygen atoms in total. The van der Waals surface area contributed by atoms with Gasteiger partial charge in [-0.1, -0.05) is 31.5 Å². The minimum Gasteiger partial charge on any atom is -0.300 e. The highest BCUT2D eigenvalue weighted by molar-refractivity contribution is 6.30. The topological polar surface area (TPSA) is 30.0 Å². The van der Waals surface area contributed by atoms with E-state index in [4.69, 9.17) is 11.6 Å². The zero-order chi connectivity index (χ0) is 18.1. The molecule has 3 fully saturated rings. The van der Waals surface area contributed by atoms with Crippen LogP contribution in [0.15, 0.2) is 24.5 Å². The predicted molar refractivity (Wildman–Crippen MR) is 105 cm³/mol. The van der Waals surface area contributed by atoms with Gasteiger partial charge in [0.1, 0.15) is 5.78 Å². The molecule has 5 rings (SSSR count). The number of halogens is 1. The summed E-state index contributed by atoms with van der Waals surface area (Å²) < 4.78 is 0. The van der Waals surface area contributed by atoms with Crippen molar-refractivity contribution >= 4 is 23.0 Å². The van der Waals surface area contributed by atoms with Crippen molar-refractivity contribution in [3.63, 3.8) is 0 Å². The van der Waals surface area contributed by atoms with E-state index in [-0.39, 0.29) is 10.8 Å². The van der Waals surface area contributed by atoms with E-state index >= 15 is 0 Å². The van der Waals surface area contributed by atoms with Crippen molar-refractivity contribution in [2.24, 2.45) is 34.5 Å². The number of Topliss-reactive ketones (excluding diaryl/α,β-unsaturated/α-hetero) is 1. The van der Waals surface area contributed by atoms with Crippen LogP contribution in [-0.4, -0.2) is 10.8 Å². The quantitative estimate of drug-likeness (QED) is 0.612. The number of hydrogen-bond donors (Lipinski definition) is 0. The highest BCUT2D eigenvalue weighted by atomic mass is 35.5. The minimum absolute atomic E-state index is 0.235. The van der Waals surface area contributed by atoms with Gasteiger partial charge >= 0.3 is 0 Å². The SMILES string of the molecule is CC12CCC3C(CCC4CC(=O)CC43C)C1CC=C2c1cncc(Cl)c1. The summed E-state index contributed by atoms with van der Waals surface area (Å²) in [5.74, 6) is 3.37. The number of fused-ring (bicyclic) bond motifs is 5. The first-order chi connectivity index (χ1) is 12.4. The monoisotopic (exact) mass is 369 g/mol. The van der Waals surface area contributed by atoms with Crippen LogP contribution in [0.25, 0.3) is 5.57 Å². The lowest BCUT2D eigenvalue weighted by Gasteiger charge is -2.57. The molecule has 0 saturated heterocycles. The molecule has 0 spiro atoms. The van der Waals surface area contributed by atoms with Crippen LogP contribution in [0.1, 0.15) is 64.4 Å². The zero-order valence-electron chi connectivity index (χ0n) is 15.8. The van der Waals surface area contributed by atoms with Crippen molar-refractivity contribution in [2.75, 3.05) is 0 Å². The number of rotatable bonds is 1. The first kappa shape index (κ1) is 17.0. The predicted octanol–water partition coefficient (Wildman–Crippen LogP) is 5.95. The summed E-state index contributed by atoms with van der Waals surface area (Å²) in [7, 11) is 0. The molecule has 26 heavy (non-hydrogen) atoms. The van der Waals surface area contributed by atoms with E-state index in [1.165, 1.54) is 43.2 Å². The minimum atomic E-state index is 0.235. The van der Waals surface area contributed by atoms with Gasteiger partial charge in [-0.2, -0.15) is 0 Å². The second kappa shape index (κ2) is 5.67. The van der Waals surface area contributed by atoms with Gasteiger partial charge in [-0.15, -0.1) is 0 Å². The van der Waals surface area contributed by atoms with Crippen molar-refractivity contribution in [3.05, 3.63) is 35.1 Å². The number of ketones is 1. The van der Waals surface area contributed by atoms with Crippen molar-refractivity contribution in [2.45, 2.75) is 58.8 Å². The lowest BCUT2D eigenvalue weighted by molar-refractivity contribution is -0.118. The van der Waals surface area contributed by atoms with Gasteiger partial charge in [0.25, 0.3) is 0 Å². The van der Waals surface area contributed by atoms with E-state index < -0.39 is 0 Å². The van der Waals surface area contributed by atoms with Gasteiger partial charge in [0.15, 0.2) is 0 Å². The third kappa shape index (κ3) is 2.24. The molecule has 0 aliphatic heterocycles. The Morgan fingerprint density at radius 3 is 2.81 bits per heavy atom. The molecule has 0 radical (unpaired) electrons. The number of carbonyl (C=O) groups excluding carboxylic acids is 1. The normalized spacial score (nSPS) is 44.3. The van der Waals surface area contributed by atoms with Crippen LogP contribution in [-0.2, 0) is 4.79 Å². The maximum absolute atomic E-state index is 12.2. The number of aromatic nitrogens is 1. The third-order valence-electron chi connectivity index (χ3n) is 8.71. The van der Waals surface area contributed by atoms with Gasteiger partial charge in [-0.3, -0.25) is 9.78 Å². The second-order valence-electron chi connectivity index (χ2n) is 9.78. The summed E-state index contributed by atoms with van der Waals surface area (Å²) in [5.41, 5.74) is 3.17. The Bertz CT molecular complexity index is 801. The molecule has 0 amide bonds. The van der Waals surface area contributed by atoms with Crippen LogP contribution in [0.4, 0.5) is 0 Å². The fourth-order valence-corrected chi connectivity index (χ4v) is 7.67. The smallest absolute Gasteiger partial charge is 0.133 e. The number of carbonyl (C=O) groups is 1. The first-order valence-corrected chi connectivity index (χ1v) is 10.6. The average molecular weight is 370 g/mol. The molecule has 0 N–H and O–H groups in total. The summed E-state index contributed by atoms with van der Waals surface area (Å²) in [4.78, 5) is 16.6. The van der Waals surface area contributed by atoms with Crippen molar-refractivity contribution in [1.82, 2.24) is 4.98 Å². The van der Waals surface area contributed by atoms with Gasteiger partial charge in [-0.05, 0) is 83.8 Å². The van der Waals surface area contributed by atoms with Gasteiger partial charge < -0.3 is 0 Å². The summed E-state index contributed by atoms with van der Waals surface area (Å²) in [6, 6.07) is 2.08. The van der Waals surface area contributed by atoms with Crippen molar-refractivity contribution in [3.8, 4) is 0 Å². The third-order valence-corrected chi connectivity index (χ3v) is 8.92. The molecular formula is C23H28ClNO. The number of hydrogen-bond acceptors (Lipinski definition) is 2. The van der Waals surface area contributed by atoms with Gasteiger partial charge in [0.2, 0.25) is 0 Å². The van der Waals surface area contributed by atoms with E-state index in [0.29, 0.717) is 17.6 Å². The molecule has 1 aromatic heterocycles. The highest BCUT2D eigenvalue weighted by Gasteiger charge is 2.60. The first-order valence-electron chi connectivity index (χ1n) is 10.2. The molecule has 138 valence electrons. The van der Waals surface area contributed by atoms with E-state index in [9.17, 15) is 4.79 Å². The molecular weight excluding hydrogens is 342 g/mol. The lowest BCUT2D eigenvalue weighted by atomic mass is 9.47. The fraction of sp³-hybridized carbons (Fsp3) is 0.652. The summed E-state index contributed by atoms with van der Waals surface area (Å²) in [6.45, 7) is 4.91. The maximum atomic E-state index is 12.2. The number of allylic oxidation sites excluding steroid dienone is 2. The molecule has 1 aromatic rings. The Kier molecular flexibility index (Phi) is 3.71. The lowest BCUT2D eigenvalue weighted by Crippen LogP contribution is -2.49. The standard InChI is InChI=1S/C23H28ClNO/c1-22-8-7-21-18(4-3-15-10-17(26)11-23(15,21)2)20(22)6-5-19(22)14-9-16(24)13-25-12-14/h5,9,12-13,15,18,20-21H,3-4,6-8,10-11H2,1-2H3. The molecule has 0 bridgehead atoms. The van der Waals surface area contributed by atoms with Gasteiger partial charge in [0, 0.05) is 25.2 Å². The van der Waals surface area contributed by atoms with Crippen LogP contribution in [0.2, 0.25) is 5.02 Å². The Morgan fingerprint density at radius 2 is 2.00 bits per heavy atom. The van der Waals surface area contributed by atoms with E-state index in [1.54, 1.807) is 6.20 Å². The Balaban J connectivity index is 1.47.